The number of carbonyl (C=O) groups is 1. The molecular weight excluding hydrogens is 371 g/mol. The van der Waals surface area contributed by atoms with Crippen LogP contribution in [0.2, 0.25) is 5.02 Å². The minimum atomic E-state index is -4.82. The van der Waals surface area contributed by atoms with Crippen molar-refractivity contribution in [3.8, 4) is 5.75 Å². The molecule has 0 saturated heterocycles. The second-order valence-corrected chi connectivity index (χ2v) is 6.09. The number of aromatic nitrogens is 1. The van der Waals surface area contributed by atoms with Crippen molar-refractivity contribution in [2.24, 2.45) is 0 Å². The Bertz CT molecular complexity index is 894. The smallest absolute Gasteiger partial charge is 0.465 e. The van der Waals surface area contributed by atoms with Crippen LogP contribution in [0.3, 0.4) is 0 Å². The van der Waals surface area contributed by atoms with E-state index in [1.165, 1.54) is 25.4 Å². The molecule has 136 valence electrons. The fourth-order valence-electron chi connectivity index (χ4n) is 2.83. The maximum absolute atomic E-state index is 12.4. The van der Waals surface area contributed by atoms with Crippen LogP contribution < -0.4 is 4.74 Å². The predicted molar refractivity (Wildman–Crippen MR) is 89.1 cm³/mol. The van der Waals surface area contributed by atoms with Gasteiger partial charge in [-0.2, -0.15) is 0 Å². The molecule has 8 heteroatoms. The first-order chi connectivity index (χ1) is 12.3. The molecule has 1 heterocycles. The van der Waals surface area contributed by atoms with Crippen LogP contribution in [0.4, 0.5) is 13.2 Å². The highest BCUT2D eigenvalue weighted by Crippen LogP contribution is 2.33. The molecule has 0 N–H and O–H groups in total. The molecule has 0 radical (unpaired) electrons. The van der Waals surface area contributed by atoms with E-state index in [4.69, 9.17) is 16.3 Å². The number of fused-ring (bicyclic) bond motifs is 1. The zero-order valence-corrected chi connectivity index (χ0v) is 14.3. The van der Waals surface area contributed by atoms with Crippen LogP contribution >= 0.6 is 11.6 Å². The Kier molecular flexibility index (Phi) is 4.91. The van der Waals surface area contributed by atoms with Gasteiger partial charge in [0, 0.05) is 6.20 Å². The highest BCUT2D eigenvalue weighted by molar-refractivity contribution is 6.32. The summed E-state index contributed by atoms with van der Waals surface area (Å²) in [5.41, 5.74) is 3.34. The van der Waals surface area contributed by atoms with E-state index in [1.54, 1.807) is 12.1 Å². The zero-order chi connectivity index (χ0) is 18.9. The van der Waals surface area contributed by atoms with Crippen LogP contribution in [0.25, 0.3) is 6.08 Å². The molecule has 1 aromatic heterocycles. The number of halogens is 4. The third-order valence-corrected chi connectivity index (χ3v) is 4.20. The van der Waals surface area contributed by atoms with Gasteiger partial charge in [-0.05, 0) is 48.2 Å². The van der Waals surface area contributed by atoms with Crippen molar-refractivity contribution in [2.45, 2.75) is 19.2 Å². The van der Waals surface area contributed by atoms with Crippen LogP contribution in [-0.2, 0) is 17.6 Å². The normalized spacial score (nSPS) is 13.2. The number of esters is 1. The minimum Gasteiger partial charge on any atom is -0.465 e. The molecule has 1 aliphatic rings. The molecule has 0 spiro atoms. The second-order valence-electron chi connectivity index (χ2n) is 5.68. The number of pyridine rings is 1. The molecule has 0 saturated carbocycles. The Morgan fingerprint density at radius 2 is 2.08 bits per heavy atom. The predicted octanol–water partition coefficient (Wildman–Crippen LogP) is 4.60. The third-order valence-electron chi connectivity index (χ3n) is 3.89. The number of hydrogen-bond donors (Lipinski definition) is 0. The number of carbonyl (C=O) groups excluding carboxylic acids is 1. The van der Waals surface area contributed by atoms with Gasteiger partial charge >= 0.3 is 12.3 Å². The van der Waals surface area contributed by atoms with Gasteiger partial charge in [-0.3, -0.25) is 4.98 Å². The van der Waals surface area contributed by atoms with Gasteiger partial charge in [-0.15, -0.1) is 13.2 Å². The van der Waals surface area contributed by atoms with Crippen molar-refractivity contribution < 1.29 is 27.4 Å². The Hall–Kier alpha value is -2.54. The van der Waals surface area contributed by atoms with Crippen molar-refractivity contribution >= 4 is 23.6 Å². The van der Waals surface area contributed by atoms with E-state index >= 15 is 0 Å². The lowest BCUT2D eigenvalue weighted by atomic mass is 10.0. The molecule has 4 nitrogen and oxygen atoms in total. The minimum absolute atomic E-state index is 0.121. The van der Waals surface area contributed by atoms with E-state index in [2.05, 4.69) is 9.72 Å². The lowest BCUT2D eigenvalue weighted by Crippen LogP contribution is -2.17. The number of rotatable bonds is 4. The first kappa shape index (κ1) is 18.3. The summed E-state index contributed by atoms with van der Waals surface area (Å²) in [5, 5.41) is -0.121. The van der Waals surface area contributed by atoms with Crippen LogP contribution in [0.15, 0.2) is 36.0 Å². The molecule has 0 bridgehead atoms. The summed E-state index contributed by atoms with van der Waals surface area (Å²) in [4.78, 5) is 16.1. The van der Waals surface area contributed by atoms with Gasteiger partial charge in [-0.1, -0.05) is 23.2 Å². The van der Waals surface area contributed by atoms with Gasteiger partial charge in [0.05, 0.1) is 23.4 Å². The maximum Gasteiger partial charge on any atom is 0.573 e. The number of hydrogen-bond acceptors (Lipinski definition) is 4. The maximum atomic E-state index is 12.4. The van der Waals surface area contributed by atoms with Crippen LogP contribution in [0.5, 0.6) is 5.75 Å². The van der Waals surface area contributed by atoms with Crippen molar-refractivity contribution in [1.29, 1.82) is 0 Å². The molecule has 26 heavy (non-hydrogen) atoms. The van der Waals surface area contributed by atoms with Gasteiger partial charge in [0.1, 0.15) is 5.75 Å². The van der Waals surface area contributed by atoms with Gasteiger partial charge in [0.15, 0.2) is 0 Å². The molecule has 0 unspecified atom stereocenters. The van der Waals surface area contributed by atoms with Gasteiger partial charge in [-0.25, -0.2) is 4.79 Å². The Balaban J connectivity index is 1.81. The second kappa shape index (κ2) is 6.99. The van der Waals surface area contributed by atoms with E-state index in [0.29, 0.717) is 29.7 Å². The monoisotopic (exact) mass is 383 g/mol. The van der Waals surface area contributed by atoms with Gasteiger partial charge in [0.2, 0.25) is 0 Å². The fourth-order valence-corrected chi connectivity index (χ4v) is 2.98. The first-order valence-electron chi connectivity index (χ1n) is 7.56. The summed E-state index contributed by atoms with van der Waals surface area (Å²) < 4.78 is 46.0. The largest absolute Gasteiger partial charge is 0.573 e. The quantitative estimate of drug-likeness (QED) is 0.724. The number of allylic oxidation sites excluding steroid dienone is 1. The average Bonchev–Trinajstić information content (AvgIpc) is 2.98. The van der Waals surface area contributed by atoms with Crippen LogP contribution in [0, 0.1) is 0 Å². The Morgan fingerprint density at radius 3 is 2.77 bits per heavy atom. The van der Waals surface area contributed by atoms with E-state index in [-0.39, 0.29) is 5.02 Å². The summed E-state index contributed by atoms with van der Waals surface area (Å²) in [6.07, 6.45) is -0.638. The Morgan fingerprint density at radius 1 is 1.31 bits per heavy atom. The Labute approximate surface area is 152 Å². The summed E-state index contributed by atoms with van der Waals surface area (Å²) in [7, 11) is 1.30. The topological polar surface area (TPSA) is 48.4 Å². The fraction of sp³-hybridized carbons (Fsp3) is 0.222. The molecule has 0 atom stereocenters. The standard InChI is InChI=1S/C18H13ClF3NO3/c1-25-17(24)12-4-5-23-15-8-11(7-13(12)15)6-10-2-3-14(19)16(9-10)26-18(20,21)22/h2-5,8-9H,6-7H2,1H3. The van der Waals surface area contributed by atoms with Crippen LogP contribution in [0.1, 0.15) is 27.2 Å². The average molecular weight is 384 g/mol. The molecule has 0 aliphatic heterocycles. The molecule has 0 fully saturated rings. The lowest BCUT2D eigenvalue weighted by molar-refractivity contribution is -0.274. The third kappa shape index (κ3) is 3.99. The number of ether oxygens (including phenoxy) is 2. The molecular formula is C18H13ClF3NO3. The summed E-state index contributed by atoms with van der Waals surface area (Å²) in [6.45, 7) is 0. The summed E-state index contributed by atoms with van der Waals surface area (Å²) >= 11 is 5.76. The van der Waals surface area contributed by atoms with E-state index in [1.807, 2.05) is 6.08 Å². The molecule has 0 amide bonds. The van der Waals surface area contributed by atoms with E-state index in [0.717, 1.165) is 11.1 Å². The van der Waals surface area contributed by atoms with Gasteiger partial charge in [0.25, 0.3) is 0 Å². The highest BCUT2D eigenvalue weighted by atomic mass is 35.5. The lowest BCUT2D eigenvalue weighted by Gasteiger charge is -2.12. The van der Waals surface area contributed by atoms with Crippen molar-refractivity contribution in [1.82, 2.24) is 4.98 Å². The number of benzene rings is 1. The summed E-state index contributed by atoms with van der Waals surface area (Å²) in [6, 6.07) is 5.83. The van der Waals surface area contributed by atoms with E-state index < -0.39 is 18.1 Å². The number of methoxy groups -OCH3 is 1. The van der Waals surface area contributed by atoms with Crippen molar-refractivity contribution in [3.05, 3.63) is 63.4 Å². The number of alkyl halides is 3. The number of nitrogens with zero attached hydrogens (tertiary/aromatic N) is 1. The van der Waals surface area contributed by atoms with Crippen molar-refractivity contribution in [3.63, 3.8) is 0 Å². The van der Waals surface area contributed by atoms with Crippen LogP contribution in [-0.4, -0.2) is 24.4 Å². The first-order valence-corrected chi connectivity index (χ1v) is 7.94. The molecule has 2 aromatic rings. The molecule has 3 rings (SSSR count). The molecule has 1 aromatic carbocycles. The van der Waals surface area contributed by atoms with E-state index in [9.17, 15) is 18.0 Å². The highest BCUT2D eigenvalue weighted by Gasteiger charge is 2.32. The summed E-state index contributed by atoms with van der Waals surface area (Å²) in [5.74, 6) is -0.896. The van der Waals surface area contributed by atoms with Gasteiger partial charge < -0.3 is 9.47 Å². The van der Waals surface area contributed by atoms with Crippen molar-refractivity contribution in [2.75, 3.05) is 7.11 Å². The SMILES string of the molecule is COC(=O)c1ccnc2c1CC(Cc1ccc(Cl)c(OC(F)(F)F)c1)=C2. The molecule has 1 aliphatic carbocycles. The zero-order valence-electron chi connectivity index (χ0n) is 13.6.